The maximum atomic E-state index is 4.29. The molecule has 0 atom stereocenters. The molecular weight excluding hydrogens is 186 g/mol. The van der Waals surface area contributed by atoms with E-state index in [0.717, 1.165) is 19.5 Å². The third-order valence-corrected chi connectivity index (χ3v) is 2.65. The summed E-state index contributed by atoms with van der Waals surface area (Å²) in [6.45, 7) is 6.05. The summed E-state index contributed by atoms with van der Waals surface area (Å²) in [7, 11) is 0. The number of aromatic nitrogens is 1. The van der Waals surface area contributed by atoms with Gasteiger partial charge in [0.05, 0.1) is 0 Å². The maximum absolute atomic E-state index is 4.29. The molecule has 1 aromatic rings. The van der Waals surface area contributed by atoms with E-state index in [-0.39, 0.29) is 0 Å². The van der Waals surface area contributed by atoms with Crippen LogP contribution in [0.15, 0.2) is 24.4 Å². The van der Waals surface area contributed by atoms with Gasteiger partial charge in [0.25, 0.3) is 0 Å². The zero-order valence-electron chi connectivity index (χ0n) is 9.15. The van der Waals surface area contributed by atoms with Crippen LogP contribution in [0.25, 0.3) is 0 Å². The minimum atomic E-state index is 1.03. The van der Waals surface area contributed by atoms with Gasteiger partial charge in [0.2, 0.25) is 0 Å². The molecule has 1 fully saturated rings. The Morgan fingerprint density at radius 3 is 2.93 bits per heavy atom. The Hall–Kier alpha value is -0.930. The van der Waals surface area contributed by atoms with E-state index in [9.17, 15) is 0 Å². The second-order valence-corrected chi connectivity index (χ2v) is 4.02. The summed E-state index contributed by atoms with van der Waals surface area (Å²) in [5.41, 5.74) is 1.18. The van der Waals surface area contributed by atoms with Crippen molar-refractivity contribution in [1.82, 2.24) is 15.2 Å². The first-order chi connectivity index (χ1) is 7.45. The van der Waals surface area contributed by atoms with E-state index in [0.29, 0.717) is 0 Å². The number of nitrogens with zero attached hydrogens (tertiary/aromatic N) is 2. The van der Waals surface area contributed by atoms with Crippen LogP contribution in [0.5, 0.6) is 0 Å². The molecule has 15 heavy (non-hydrogen) atoms. The van der Waals surface area contributed by atoms with Crippen molar-refractivity contribution in [2.45, 2.75) is 12.8 Å². The SMILES string of the molecule is c1ccc(CCNCCCN2CC2)nc1. The predicted octanol–water partition coefficient (Wildman–Crippen LogP) is 0.919. The maximum Gasteiger partial charge on any atom is 0.0416 e. The normalized spacial score (nSPS) is 15.5. The Morgan fingerprint density at radius 2 is 2.20 bits per heavy atom. The molecule has 3 nitrogen and oxygen atoms in total. The lowest BCUT2D eigenvalue weighted by Gasteiger charge is -2.04. The van der Waals surface area contributed by atoms with E-state index in [1.54, 1.807) is 0 Å². The van der Waals surface area contributed by atoms with Crippen LogP contribution in [0.2, 0.25) is 0 Å². The lowest BCUT2D eigenvalue weighted by atomic mass is 10.2. The summed E-state index contributed by atoms with van der Waals surface area (Å²) in [4.78, 5) is 6.75. The topological polar surface area (TPSA) is 27.9 Å². The minimum Gasteiger partial charge on any atom is -0.316 e. The van der Waals surface area contributed by atoms with Crippen molar-refractivity contribution in [3.05, 3.63) is 30.1 Å². The second kappa shape index (κ2) is 5.83. The smallest absolute Gasteiger partial charge is 0.0416 e. The van der Waals surface area contributed by atoms with Crippen molar-refractivity contribution in [1.29, 1.82) is 0 Å². The van der Waals surface area contributed by atoms with Crippen molar-refractivity contribution in [3.8, 4) is 0 Å². The van der Waals surface area contributed by atoms with Crippen LogP contribution in [0.4, 0.5) is 0 Å². The summed E-state index contributed by atoms with van der Waals surface area (Å²) in [6.07, 6.45) is 4.16. The molecule has 1 aliphatic rings. The molecule has 0 spiro atoms. The van der Waals surface area contributed by atoms with Crippen molar-refractivity contribution in [2.75, 3.05) is 32.7 Å². The van der Waals surface area contributed by atoms with Gasteiger partial charge in [0.15, 0.2) is 0 Å². The number of hydrogen-bond acceptors (Lipinski definition) is 3. The third-order valence-electron chi connectivity index (χ3n) is 2.65. The molecule has 0 unspecified atom stereocenters. The number of pyridine rings is 1. The fourth-order valence-corrected chi connectivity index (χ4v) is 1.61. The zero-order chi connectivity index (χ0) is 10.3. The quantitative estimate of drug-likeness (QED) is 0.530. The Bertz CT molecular complexity index is 269. The molecule has 0 bridgehead atoms. The first kappa shape index (κ1) is 10.6. The van der Waals surface area contributed by atoms with Crippen LogP contribution in [-0.2, 0) is 6.42 Å². The highest BCUT2D eigenvalue weighted by molar-refractivity contribution is 5.03. The second-order valence-electron chi connectivity index (χ2n) is 4.02. The predicted molar refractivity (Wildman–Crippen MR) is 61.9 cm³/mol. The summed E-state index contributed by atoms with van der Waals surface area (Å²) >= 11 is 0. The molecule has 2 rings (SSSR count). The standard InChI is InChI=1S/C12H19N3/c1-2-7-14-12(4-1)5-8-13-6-3-9-15-10-11-15/h1-2,4,7,13H,3,5-6,8-11H2. The highest BCUT2D eigenvalue weighted by Gasteiger charge is 2.14. The first-order valence-corrected chi connectivity index (χ1v) is 5.78. The lowest BCUT2D eigenvalue weighted by Crippen LogP contribution is -2.20. The molecule has 0 aliphatic carbocycles. The summed E-state index contributed by atoms with van der Waals surface area (Å²) in [5, 5.41) is 3.45. The number of nitrogens with one attached hydrogen (secondary N) is 1. The van der Waals surface area contributed by atoms with E-state index in [2.05, 4.69) is 21.3 Å². The van der Waals surface area contributed by atoms with Crippen LogP contribution in [0.3, 0.4) is 0 Å². The molecular formula is C12H19N3. The molecule has 0 aromatic carbocycles. The average Bonchev–Trinajstić information content (AvgIpc) is 3.09. The summed E-state index contributed by atoms with van der Waals surface area (Å²) < 4.78 is 0. The molecule has 0 amide bonds. The third kappa shape index (κ3) is 4.40. The molecule has 0 saturated carbocycles. The minimum absolute atomic E-state index is 1.03. The molecule has 1 aliphatic heterocycles. The van der Waals surface area contributed by atoms with Crippen molar-refractivity contribution in [3.63, 3.8) is 0 Å². The van der Waals surface area contributed by atoms with Gasteiger partial charge in [-0.1, -0.05) is 6.07 Å². The van der Waals surface area contributed by atoms with Crippen LogP contribution in [0.1, 0.15) is 12.1 Å². The fraction of sp³-hybridized carbons (Fsp3) is 0.583. The van der Waals surface area contributed by atoms with E-state index < -0.39 is 0 Å². The molecule has 1 aromatic heterocycles. The monoisotopic (exact) mass is 205 g/mol. The Balaban J connectivity index is 1.47. The summed E-state index contributed by atoms with van der Waals surface area (Å²) in [6, 6.07) is 6.08. The van der Waals surface area contributed by atoms with E-state index >= 15 is 0 Å². The van der Waals surface area contributed by atoms with Crippen molar-refractivity contribution < 1.29 is 0 Å². The molecule has 1 saturated heterocycles. The van der Waals surface area contributed by atoms with Gasteiger partial charge in [-0.2, -0.15) is 0 Å². The molecule has 1 N–H and O–H groups in total. The summed E-state index contributed by atoms with van der Waals surface area (Å²) in [5.74, 6) is 0. The molecule has 3 heteroatoms. The van der Waals surface area contributed by atoms with E-state index in [1.165, 1.54) is 31.7 Å². The zero-order valence-corrected chi connectivity index (χ0v) is 9.15. The van der Waals surface area contributed by atoms with Gasteiger partial charge in [-0.05, 0) is 31.6 Å². The van der Waals surface area contributed by atoms with Crippen LogP contribution < -0.4 is 5.32 Å². The van der Waals surface area contributed by atoms with Crippen LogP contribution in [-0.4, -0.2) is 42.6 Å². The van der Waals surface area contributed by atoms with Gasteiger partial charge in [0.1, 0.15) is 0 Å². The van der Waals surface area contributed by atoms with Gasteiger partial charge in [-0.3, -0.25) is 4.98 Å². The molecule has 82 valence electrons. The average molecular weight is 205 g/mol. The Kier molecular flexibility index (Phi) is 4.11. The highest BCUT2D eigenvalue weighted by Crippen LogP contribution is 2.02. The van der Waals surface area contributed by atoms with Crippen molar-refractivity contribution >= 4 is 0 Å². The van der Waals surface area contributed by atoms with Gasteiger partial charge in [-0.15, -0.1) is 0 Å². The lowest BCUT2D eigenvalue weighted by molar-refractivity contribution is 0.513. The van der Waals surface area contributed by atoms with E-state index in [4.69, 9.17) is 0 Å². The highest BCUT2D eigenvalue weighted by atomic mass is 15.2. The van der Waals surface area contributed by atoms with E-state index in [1.807, 2.05) is 18.3 Å². The number of rotatable bonds is 7. The van der Waals surface area contributed by atoms with Crippen LogP contribution in [0, 0.1) is 0 Å². The van der Waals surface area contributed by atoms with Gasteiger partial charge < -0.3 is 10.2 Å². The van der Waals surface area contributed by atoms with Gasteiger partial charge in [-0.25, -0.2) is 0 Å². The van der Waals surface area contributed by atoms with Crippen LogP contribution >= 0.6 is 0 Å². The van der Waals surface area contributed by atoms with Gasteiger partial charge >= 0.3 is 0 Å². The molecule has 2 heterocycles. The van der Waals surface area contributed by atoms with Gasteiger partial charge in [0, 0.05) is 37.9 Å². The number of hydrogen-bond donors (Lipinski definition) is 1. The Morgan fingerprint density at radius 1 is 1.27 bits per heavy atom. The fourth-order valence-electron chi connectivity index (χ4n) is 1.61. The van der Waals surface area contributed by atoms with Crippen molar-refractivity contribution in [2.24, 2.45) is 0 Å². The molecule has 0 radical (unpaired) electrons. The Labute approximate surface area is 91.5 Å². The largest absolute Gasteiger partial charge is 0.316 e. The first-order valence-electron chi connectivity index (χ1n) is 5.78.